The summed E-state index contributed by atoms with van der Waals surface area (Å²) in [5, 5.41) is 34.2. The molecule has 0 saturated heterocycles. The topological polar surface area (TPSA) is 177 Å². The van der Waals surface area contributed by atoms with E-state index in [1.54, 1.807) is 48.5 Å². The molecule has 11 nitrogen and oxygen atoms in total. The van der Waals surface area contributed by atoms with Crippen molar-refractivity contribution in [2.75, 3.05) is 19.8 Å². The molecule has 0 aliphatic carbocycles. The number of aliphatic carboxylic acids is 1. The van der Waals surface area contributed by atoms with Crippen LogP contribution < -0.4 is 0 Å². The summed E-state index contributed by atoms with van der Waals surface area (Å²) in [5.41, 5.74) is 3.07. The van der Waals surface area contributed by atoms with Gasteiger partial charge in [-0.25, -0.2) is 4.79 Å². The highest BCUT2D eigenvalue weighted by atomic mass is 16.6. The first-order valence-electron chi connectivity index (χ1n) is 10.9. The average Bonchev–Trinajstić information content (AvgIpc) is 2.89. The Hall–Kier alpha value is -3.64. The summed E-state index contributed by atoms with van der Waals surface area (Å²) in [6, 6.07) is 13.9. The van der Waals surface area contributed by atoms with E-state index in [2.05, 4.69) is 4.74 Å². The molecule has 0 radical (unpaired) electrons. The van der Waals surface area contributed by atoms with E-state index in [0.717, 1.165) is 22.3 Å². The third-order valence-electron chi connectivity index (χ3n) is 4.45. The number of carboxylic acids is 1. The number of carbonyl (C=O) groups is 4. The second kappa shape index (κ2) is 17.7. The minimum Gasteiger partial charge on any atom is -0.475 e. The second-order valence-corrected chi connectivity index (χ2v) is 7.26. The zero-order valence-electron chi connectivity index (χ0n) is 19.6. The molecule has 0 unspecified atom stereocenters. The van der Waals surface area contributed by atoms with Crippen LogP contribution in [-0.4, -0.2) is 63.9 Å². The zero-order chi connectivity index (χ0) is 26.8. The Morgan fingerprint density at radius 3 is 1.42 bits per heavy atom. The fraction of sp³-hybridized carbons (Fsp3) is 0.360. The van der Waals surface area contributed by atoms with Gasteiger partial charge in [0, 0.05) is 6.42 Å². The van der Waals surface area contributed by atoms with Crippen LogP contribution in [0.15, 0.2) is 48.5 Å². The van der Waals surface area contributed by atoms with E-state index in [4.69, 9.17) is 29.9 Å². The summed E-state index contributed by atoms with van der Waals surface area (Å²) < 4.78 is 14.7. The van der Waals surface area contributed by atoms with Gasteiger partial charge in [0.1, 0.15) is 19.6 Å². The lowest BCUT2D eigenvalue weighted by Gasteiger charge is -2.07. The van der Waals surface area contributed by atoms with Gasteiger partial charge >= 0.3 is 17.9 Å². The lowest BCUT2D eigenvalue weighted by atomic mass is 10.1. The van der Waals surface area contributed by atoms with Crippen LogP contribution >= 0.6 is 0 Å². The van der Waals surface area contributed by atoms with Gasteiger partial charge in [-0.15, -0.1) is 0 Å². The number of hydrogen-bond donors (Lipinski definition) is 4. The Bertz CT molecular complexity index is 891. The highest BCUT2D eigenvalue weighted by Crippen LogP contribution is 2.08. The monoisotopic (exact) mass is 506 g/mol. The van der Waals surface area contributed by atoms with E-state index in [1.165, 1.54) is 0 Å². The number of hydrogen-bond acceptors (Lipinski definition) is 10. The number of ketones is 1. The predicted molar refractivity (Wildman–Crippen MR) is 124 cm³/mol. The molecule has 0 amide bonds. The first-order valence-corrected chi connectivity index (χ1v) is 10.9. The number of carbonyl (C=O) groups excluding carboxylic acids is 3. The van der Waals surface area contributed by atoms with Gasteiger partial charge in [-0.1, -0.05) is 48.5 Å². The molecule has 0 saturated carbocycles. The van der Waals surface area contributed by atoms with Gasteiger partial charge < -0.3 is 34.6 Å². The lowest BCUT2D eigenvalue weighted by Crippen LogP contribution is -2.15. The quantitative estimate of drug-likeness (QED) is 0.124. The van der Waals surface area contributed by atoms with Crippen LogP contribution in [0.4, 0.5) is 0 Å². The van der Waals surface area contributed by atoms with E-state index in [-0.39, 0.29) is 52.7 Å². The maximum atomic E-state index is 11.7. The Morgan fingerprint density at radius 1 is 0.639 bits per heavy atom. The molecule has 2 aromatic rings. The van der Waals surface area contributed by atoms with Crippen LogP contribution in [0.2, 0.25) is 0 Å². The molecular formula is C25H30O11. The van der Waals surface area contributed by atoms with Crippen molar-refractivity contribution in [3.63, 3.8) is 0 Å². The normalized spacial score (nSPS) is 10.1. The molecule has 196 valence electrons. The van der Waals surface area contributed by atoms with Crippen LogP contribution in [0.25, 0.3) is 0 Å². The zero-order valence-corrected chi connectivity index (χ0v) is 19.6. The van der Waals surface area contributed by atoms with Crippen molar-refractivity contribution < 1.29 is 53.8 Å². The molecule has 11 heteroatoms. The van der Waals surface area contributed by atoms with Gasteiger partial charge in [-0.05, 0) is 22.3 Å². The first kappa shape index (κ1) is 30.4. The number of carboxylic acid groups (broad SMARTS) is 1. The number of rotatable bonds is 14. The smallest absolute Gasteiger partial charge is 0.372 e. The third-order valence-corrected chi connectivity index (χ3v) is 4.45. The van der Waals surface area contributed by atoms with Gasteiger partial charge in [0.05, 0.1) is 33.0 Å². The summed E-state index contributed by atoms with van der Waals surface area (Å²) >= 11 is 0. The second-order valence-electron chi connectivity index (χ2n) is 7.26. The third kappa shape index (κ3) is 13.3. The van der Waals surface area contributed by atoms with Crippen molar-refractivity contribution in [3.8, 4) is 0 Å². The van der Waals surface area contributed by atoms with Crippen molar-refractivity contribution >= 4 is 23.7 Å². The maximum Gasteiger partial charge on any atom is 0.372 e. The van der Waals surface area contributed by atoms with Crippen molar-refractivity contribution in [1.29, 1.82) is 0 Å². The van der Waals surface area contributed by atoms with Gasteiger partial charge in [-0.2, -0.15) is 0 Å². The van der Waals surface area contributed by atoms with Crippen molar-refractivity contribution in [3.05, 3.63) is 70.8 Å². The molecule has 0 aliphatic rings. The van der Waals surface area contributed by atoms with Crippen molar-refractivity contribution in [1.82, 2.24) is 0 Å². The summed E-state index contributed by atoms with van der Waals surface area (Å²) in [6.07, 6.45) is -0.598. The summed E-state index contributed by atoms with van der Waals surface area (Å²) in [5.74, 6) is -3.64. The Morgan fingerprint density at radius 2 is 1.06 bits per heavy atom. The van der Waals surface area contributed by atoms with E-state index < -0.39 is 30.1 Å². The molecule has 36 heavy (non-hydrogen) atoms. The number of aliphatic hydroxyl groups is 3. The minimum atomic E-state index is -1.45. The standard InChI is InChI=1S/C19H20O6.C6H10O5/c20-10-14-1-5-16(6-2-14)12-24-18(22)9-19(23)25-13-17-7-3-15(11-21)4-8-17;7-2-4-11-3-1-5(8)6(9)10/h1-8,20-21H,9-13H2;7H,1-4H2,(H,9,10). The van der Waals surface area contributed by atoms with Crippen molar-refractivity contribution in [2.45, 2.75) is 39.3 Å². The SMILES string of the molecule is O=C(CC(=O)OCc1ccc(CO)cc1)OCc1ccc(CO)cc1.O=C(O)C(=O)CCOCCO. The van der Waals surface area contributed by atoms with Gasteiger partial charge in [0.15, 0.2) is 0 Å². The van der Waals surface area contributed by atoms with Gasteiger partial charge in [0.25, 0.3) is 0 Å². The van der Waals surface area contributed by atoms with Gasteiger partial charge in [-0.3, -0.25) is 14.4 Å². The molecular weight excluding hydrogens is 476 g/mol. The molecule has 0 bridgehead atoms. The fourth-order valence-corrected chi connectivity index (χ4v) is 2.47. The largest absolute Gasteiger partial charge is 0.475 e. The Labute approximate surface area is 207 Å². The first-order chi connectivity index (χ1) is 17.3. The summed E-state index contributed by atoms with van der Waals surface area (Å²) in [6.45, 7) is 0.0734. The molecule has 2 rings (SSSR count). The highest BCUT2D eigenvalue weighted by molar-refractivity contribution is 6.32. The number of benzene rings is 2. The molecule has 0 spiro atoms. The number of aliphatic hydroxyl groups excluding tert-OH is 3. The van der Waals surface area contributed by atoms with Crippen LogP contribution in [-0.2, 0) is 59.8 Å². The molecule has 0 aromatic heterocycles. The van der Waals surface area contributed by atoms with E-state index in [9.17, 15) is 19.2 Å². The maximum absolute atomic E-state index is 11.7. The number of esters is 2. The molecule has 0 heterocycles. The summed E-state index contributed by atoms with van der Waals surface area (Å²) in [7, 11) is 0. The Balaban J connectivity index is 0.000000497. The molecule has 0 fully saturated rings. The molecule has 4 N–H and O–H groups in total. The average molecular weight is 507 g/mol. The van der Waals surface area contributed by atoms with Gasteiger partial charge in [0.2, 0.25) is 5.78 Å². The van der Waals surface area contributed by atoms with Crippen LogP contribution in [0.1, 0.15) is 35.1 Å². The number of Topliss-reactive ketones (excluding diaryl/α,β-unsaturated/α-hetero) is 1. The van der Waals surface area contributed by atoms with Crippen LogP contribution in [0, 0.1) is 0 Å². The van der Waals surface area contributed by atoms with E-state index >= 15 is 0 Å². The van der Waals surface area contributed by atoms with E-state index in [0.29, 0.717) is 0 Å². The predicted octanol–water partition coefficient (Wildman–Crippen LogP) is 0.887. The molecule has 0 atom stereocenters. The fourth-order valence-electron chi connectivity index (χ4n) is 2.47. The van der Waals surface area contributed by atoms with Crippen molar-refractivity contribution in [2.24, 2.45) is 0 Å². The van der Waals surface area contributed by atoms with Crippen LogP contribution in [0.3, 0.4) is 0 Å². The van der Waals surface area contributed by atoms with E-state index in [1.807, 2.05) is 0 Å². The highest BCUT2D eigenvalue weighted by Gasteiger charge is 2.13. The number of ether oxygens (including phenoxy) is 3. The lowest BCUT2D eigenvalue weighted by molar-refractivity contribution is -0.156. The Kier molecular flexibility index (Phi) is 15.0. The summed E-state index contributed by atoms with van der Waals surface area (Å²) in [4.78, 5) is 43.6. The van der Waals surface area contributed by atoms with Crippen LogP contribution in [0.5, 0.6) is 0 Å². The molecule has 0 aliphatic heterocycles. The minimum absolute atomic E-state index is 0.0470. The molecule has 2 aromatic carbocycles.